The zero-order valence-electron chi connectivity index (χ0n) is 23.2. The number of thiazole rings is 2. The predicted molar refractivity (Wildman–Crippen MR) is 157 cm³/mol. The van der Waals surface area contributed by atoms with E-state index >= 15 is 0 Å². The number of nitrogens with two attached hydrogens (primary N) is 2. The smallest absolute Gasteiger partial charge is 0.204 e. The lowest BCUT2D eigenvalue weighted by molar-refractivity contribution is -0.106. The van der Waals surface area contributed by atoms with Gasteiger partial charge in [-0.2, -0.15) is 0 Å². The number of aryl methyl sites for hydroxylation is 3. The maximum absolute atomic E-state index is 10.4. The highest BCUT2D eigenvalue weighted by Crippen LogP contribution is 2.30. The van der Waals surface area contributed by atoms with Crippen LogP contribution in [0.3, 0.4) is 0 Å². The Balaban J connectivity index is 0.000000459. The summed E-state index contributed by atoms with van der Waals surface area (Å²) in [6.45, 7) is 10.1. The maximum Gasteiger partial charge on any atom is 0.204 e. The first-order valence-corrected chi connectivity index (χ1v) is 14.1. The molecule has 2 aromatic heterocycles. The molecule has 0 aliphatic rings. The fourth-order valence-electron chi connectivity index (χ4n) is 3.65. The number of methoxy groups -OCH3 is 1. The first-order chi connectivity index (χ1) is 18.3. The first kappa shape index (κ1) is 33.2. The molecule has 0 spiro atoms. The van der Waals surface area contributed by atoms with Crippen LogP contribution in [0.2, 0.25) is 0 Å². The van der Waals surface area contributed by atoms with Gasteiger partial charge in [0.1, 0.15) is 11.3 Å². The fourth-order valence-corrected chi connectivity index (χ4v) is 5.59. The van der Waals surface area contributed by atoms with Gasteiger partial charge < -0.3 is 25.5 Å². The van der Waals surface area contributed by atoms with Gasteiger partial charge in [0.2, 0.25) is 6.41 Å². The van der Waals surface area contributed by atoms with E-state index in [-0.39, 0.29) is 12.5 Å². The Morgan fingerprint density at radius 1 is 1.18 bits per heavy atom. The van der Waals surface area contributed by atoms with Crippen LogP contribution in [0, 0.1) is 13.8 Å². The van der Waals surface area contributed by atoms with Gasteiger partial charge in [0.25, 0.3) is 0 Å². The molecule has 38 heavy (non-hydrogen) atoms. The number of nitrogens with zero attached hydrogens (tertiary/aromatic N) is 3. The second-order valence-electron chi connectivity index (χ2n) is 8.09. The lowest BCUT2D eigenvalue weighted by atomic mass is 10.2. The Morgan fingerprint density at radius 2 is 1.89 bits per heavy atom. The van der Waals surface area contributed by atoms with Gasteiger partial charge in [0.15, 0.2) is 11.1 Å². The minimum Gasteiger partial charge on any atom is -0.491 e. The van der Waals surface area contributed by atoms with Gasteiger partial charge in [0.05, 0.1) is 33.0 Å². The number of rotatable bonds is 11. The van der Waals surface area contributed by atoms with Crippen LogP contribution < -0.4 is 21.0 Å². The Bertz CT molecular complexity index is 1230. The van der Waals surface area contributed by atoms with Crippen molar-refractivity contribution >= 4 is 45.6 Å². The third kappa shape index (κ3) is 10.1. The van der Waals surface area contributed by atoms with Gasteiger partial charge >= 0.3 is 0 Å². The molecule has 210 valence electrons. The van der Waals surface area contributed by atoms with E-state index in [0.29, 0.717) is 13.2 Å². The molecule has 0 saturated carbocycles. The number of amides is 1. The number of hydrogen-bond acceptors (Lipinski definition) is 9. The van der Waals surface area contributed by atoms with Crippen LogP contribution in [0.1, 0.15) is 52.6 Å². The largest absolute Gasteiger partial charge is 0.491 e. The van der Waals surface area contributed by atoms with E-state index in [2.05, 4.69) is 52.3 Å². The SMILES string of the molecule is CCC(CCOc1cc(C)cc2sc(=NC)n(C/C=C/CN)c12)OC.CCc1nc(C)sc1C=O.NC=O. The molecule has 3 rings (SSSR count). The highest BCUT2D eigenvalue weighted by molar-refractivity contribution is 7.16. The van der Waals surface area contributed by atoms with Gasteiger partial charge in [-0.05, 0) is 44.4 Å². The average molecular weight is 564 g/mol. The zero-order chi connectivity index (χ0) is 28.5. The number of aldehydes is 1. The van der Waals surface area contributed by atoms with Crippen LogP contribution in [0.4, 0.5) is 0 Å². The molecule has 0 saturated heterocycles. The Hall–Kier alpha value is -2.86. The summed E-state index contributed by atoms with van der Waals surface area (Å²) in [6.07, 6.45) is 8.12. The Kier molecular flexibility index (Phi) is 16.1. The van der Waals surface area contributed by atoms with Crippen molar-refractivity contribution < 1.29 is 19.1 Å². The number of carbonyl (C=O) groups excluding carboxylic acids is 2. The van der Waals surface area contributed by atoms with Crippen LogP contribution in [0.5, 0.6) is 5.75 Å². The fraction of sp³-hybridized carbons (Fsp3) is 0.481. The molecule has 0 aliphatic heterocycles. The molecule has 11 heteroatoms. The Labute approximate surface area is 233 Å². The van der Waals surface area contributed by atoms with E-state index in [1.807, 2.05) is 27.0 Å². The molecule has 3 aromatic rings. The van der Waals surface area contributed by atoms with Crippen LogP contribution in [-0.2, 0) is 22.5 Å². The second kappa shape index (κ2) is 18.4. The molecule has 0 aliphatic carbocycles. The van der Waals surface area contributed by atoms with Crippen LogP contribution >= 0.6 is 22.7 Å². The van der Waals surface area contributed by atoms with Crippen molar-refractivity contribution in [3.05, 3.63) is 50.2 Å². The van der Waals surface area contributed by atoms with Gasteiger partial charge in [-0.25, -0.2) is 4.98 Å². The van der Waals surface area contributed by atoms with Crippen molar-refractivity contribution in [1.29, 1.82) is 0 Å². The standard InChI is InChI=1S/C19H29N3O2S.C7H9NOS.CH3NO/c1-5-15(23-4)8-11-24-16-12-14(2)13-17-18(16)22(10-7-6-9-20)19(21-3)25-17;1-3-6-7(4-9)10-5(2)8-6;2-1-3/h6-7,12-13,15H,5,8-11,20H2,1-4H3;4H,3H2,1-2H3;1H,(H2,2,3)/b7-6+,21-19?;;. The number of benzene rings is 1. The molecule has 0 fully saturated rings. The van der Waals surface area contributed by atoms with Crippen LogP contribution in [0.25, 0.3) is 10.2 Å². The normalized spacial score (nSPS) is 12.0. The molecule has 0 bridgehead atoms. The van der Waals surface area contributed by atoms with Crippen molar-refractivity contribution in [2.45, 2.75) is 59.6 Å². The first-order valence-electron chi connectivity index (χ1n) is 12.5. The zero-order valence-corrected chi connectivity index (χ0v) is 24.9. The lowest BCUT2D eigenvalue weighted by Gasteiger charge is -2.15. The summed E-state index contributed by atoms with van der Waals surface area (Å²) < 4.78 is 15.0. The third-order valence-corrected chi connectivity index (χ3v) is 7.49. The van der Waals surface area contributed by atoms with Crippen molar-refractivity contribution in [3.63, 3.8) is 0 Å². The summed E-state index contributed by atoms with van der Waals surface area (Å²) in [5.41, 5.74) is 13.0. The van der Waals surface area contributed by atoms with Crippen molar-refractivity contribution in [1.82, 2.24) is 9.55 Å². The van der Waals surface area contributed by atoms with Crippen molar-refractivity contribution in [3.8, 4) is 5.75 Å². The van der Waals surface area contributed by atoms with Crippen molar-refractivity contribution in [2.24, 2.45) is 16.5 Å². The minimum atomic E-state index is 0.239. The number of allylic oxidation sites excluding steroid dienone is 1. The average Bonchev–Trinajstić information content (AvgIpc) is 3.46. The number of ether oxygens (including phenoxy) is 2. The highest BCUT2D eigenvalue weighted by atomic mass is 32.1. The monoisotopic (exact) mass is 563 g/mol. The molecular weight excluding hydrogens is 522 g/mol. The minimum absolute atomic E-state index is 0.239. The molecule has 4 N–H and O–H groups in total. The van der Waals surface area contributed by atoms with Gasteiger partial charge in [-0.15, -0.1) is 11.3 Å². The quantitative estimate of drug-likeness (QED) is 0.265. The summed E-state index contributed by atoms with van der Waals surface area (Å²) in [6, 6.07) is 4.29. The molecule has 1 amide bonds. The topological polar surface area (TPSA) is 135 Å². The molecule has 9 nitrogen and oxygen atoms in total. The summed E-state index contributed by atoms with van der Waals surface area (Å²) in [5, 5.41) is 0.971. The maximum atomic E-state index is 10.4. The molecule has 0 radical (unpaired) electrons. The lowest BCUT2D eigenvalue weighted by Crippen LogP contribution is -2.16. The van der Waals surface area contributed by atoms with Crippen LogP contribution in [0.15, 0.2) is 29.3 Å². The molecular formula is C27H41N5O4S2. The van der Waals surface area contributed by atoms with E-state index in [1.165, 1.54) is 21.6 Å². The number of fused-ring (bicyclic) bond motifs is 1. The van der Waals surface area contributed by atoms with E-state index in [9.17, 15) is 4.79 Å². The van der Waals surface area contributed by atoms with E-state index in [0.717, 1.165) is 63.7 Å². The van der Waals surface area contributed by atoms with Gasteiger partial charge in [0, 0.05) is 33.7 Å². The molecule has 1 unspecified atom stereocenters. The highest BCUT2D eigenvalue weighted by Gasteiger charge is 2.13. The predicted octanol–water partition coefficient (Wildman–Crippen LogP) is 4.18. The summed E-state index contributed by atoms with van der Waals surface area (Å²) in [4.78, 5) is 29.3. The summed E-state index contributed by atoms with van der Waals surface area (Å²) in [5.74, 6) is 0.910. The number of carbonyl (C=O) groups is 2. The van der Waals surface area contributed by atoms with E-state index in [4.69, 9.17) is 20.0 Å². The Morgan fingerprint density at radius 3 is 2.42 bits per heavy atom. The third-order valence-electron chi connectivity index (χ3n) is 5.43. The molecule has 1 aromatic carbocycles. The molecule has 2 heterocycles. The van der Waals surface area contributed by atoms with Crippen LogP contribution in [-0.4, -0.2) is 55.7 Å². The number of primary amides is 1. The van der Waals surface area contributed by atoms with Gasteiger partial charge in [-0.3, -0.25) is 14.6 Å². The van der Waals surface area contributed by atoms with Gasteiger partial charge in [-0.1, -0.05) is 37.3 Å². The summed E-state index contributed by atoms with van der Waals surface area (Å²) >= 11 is 3.15. The van der Waals surface area contributed by atoms with E-state index < -0.39 is 0 Å². The summed E-state index contributed by atoms with van der Waals surface area (Å²) in [7, 11) is 3.58. The van der Waals surface area contributed by atoms with E-state index in [1.54, 1.807) is 18.4 Å². The van der Waals surface area contributed by atoms with Crippen molar-refractivity contribution in [2.75, 3.05) is 27.3 Å². The molecule has 1 atom stereocenters. The number of aromatic nitrogens is 2. The number of hydrogen-bond donors (Lipinski definition) is 2. The second-order valence-corrected chi connectivity index (χ2v) is 10.3.